The molecule has 1 N–H and O–H groups in total. The minimum absolute atomic E-state index is 0.400. The number of nitrogens with one attached hydrogen (secondary N) is 1. The first kappa shape index (κ1) is 10.1. The van der Waals surface area contributed by atoms with Crippen molar-refractivity contribution in [3.05, 3.63) is 16.1 Å². The van der Waals surface area contributed by atoms with Crippen LogP contribution >= 0.6 is 11.3 Å². The smallest absolute Gasteiger partial charge is 0.0898 e. The highest BCUT2D eigenvalue weighted by Crippen LogP contribution is 2.44. The summed E-state index contributed by atoms with van der Waals surface area (Å²) in [5.41, 5.74) is 1.77. The Kier molecular flexibility index (Phi) is 2.62. The molecule has 2 nitrogen and oxygen atoms in total. The van der Waals surface area contributed by atoms with Crippen molar-refractivity contribution in [3.8, 4) is 0 Å². The molecule has 1 fully saturated rings. The first-order chi connectivity index (χ1) is 6.59. The minimum atomic E-state index is 0.400. The Morgan fingerprint density at radius 3 is 2.86 bits per heavy atom. The third-order valence-corrected chi connectivity index (χ3v) is 3.81. The molecule has 0 radical (unpaired) electrons. The summed E-state index contributed by atoms with van der Waals surface area (Å²) in [6.07, 6.45) is 2.76. The molecule has 1 unspecified atom stereocenters. The number of nitrogens with zero attached hydrogens (tertiary/aromatic N) is 1. The lowest BCUT2D eigenvalue weighted by atomic mass is 10.1. The van der Waals surface area contributed by atoms with Gasteiger partial charge in [0.15, 0.2) is 0 Å². The second kappa shape index (κ2) is 3.63. The van der Waals surface area contributed by atoms with Crippen LogP contribution in [-0.2, 0) is 0 Å². The summed E-state index contributed by atoms with van der Waals surface area (Å²) in [5.74, 6) is 0. The van der Waals surface area contributed by atoms with Gasteiger partial charge in [-0.25, -0.2) is 4.98 Å². The molecule has 1 aromatic heterocycles. The fourth-order valence-electron chi connectivity index (χ4n) is 1.47. The largest absolute Gasteiger partial charge is 0.308 e. The topological polar surface area (TPSA) is 24.9 Å². The van der Waals surface area contributed by atoms with Gasteiger partial charge in [0.2, 0.25) is 0 Å². The first-order valence-corrected chi connectivity index (χ1v) is 6.12. The highest BCUT2D eigenvalue weighted by atomic mass is 32.1. The van der Waals surface area contributed by atoms with E-state index in [-0.39, 0.29) is 0 Å². The zero-order chi connectivity index (χ0) is 10.2. The first-order valence-electron chi connectivity index (χ1n) is 5.24. The Bertz CT molecular complexity index is 315. The van der Waals surface area contributed by atoms with Gasteiger partial charge in [0.1, 0.15) is 0 Å². The molecule has 1 heterocycles. The average molecular weight is 210 g/mol. The molecule has 0 saturated heterocycles. The van der Waals surface area contributed by atoms with Gasteiger partial charge in [-0.05, 0) is 32.1 Å². The molecule has 0 amide bonds. The molecule has 0 bridgehead atoms. The molecule has 1 aliphatic carbocycles. The summed E-state index contributed by atoms with van der Waals surface area (Å²) < 4.78 is 0. The van der Waals surface area contributed by atoms with E-state index in [0.29, 0.717) is 11.5 Å². The molecule has 1 saturated carbocycles. The predicted molar refractivity (Wildman–Crippen MR) is 60.6 cm³/mol. The molecule has 1 aliphatic rings. The van der Waals surface area contributed by atoms with E-state index in [0.717, 1.165) is 11.6 Å². The fourth-order valence-corrected chi connectivity index (χ4v) is 2.18. The standard InChI is InChI=1S/C11H18N2S/c1-8(10-6-14-9(2)13-10)12-7-11(3)4-5-11/h6,8,12H,4-5,7H2,1-3H3. The Morgan fingerprint density at radius 1 is 1.64 bits per heavy atom. The summed E-state index contributed by atoms with van der Waals surface area (Å²) in [7, 11) is 0. The van der Waals surface area contributed by atoms with Crippen LogP contribution in [0, 0.1) is 12.3 Å². The predicted octanol–water partition coefficient (Wildman–Crippen LogP) is 2.90. The number of thiazole rings is 1. The molecule has 0 aromatic carbocycles. The summed E-state index contributed by atoms with van der Waals surface area (Å²) in [5, 5.41) is 6.87. The molecule has 3 heteroatoms. The van der Waals surface area contributed by atoms with Gasteiger partial charge in [-0.15, -0.1) is 11.3 Å². The second-order valence-electron chi connectivity index (χ2n) is 4.70. The molecule has 1 atom stereocenters. The van der Waals surface area contributed by atoms with Gasteiger partial charge in [0.25, 0.3) is 0 Å². The highest BCUT2D eigenvalue weighted by molar-refractivity contribution is 7.09. The van der Waals surface area contributed by atoms with Crippen molar-refractivity contribution in [2.24, 2.45) is 5.41 Å². The maximum Gasteiger partial charge on any atom is 0.0898 e. The number of rotatable bonds is 4. The fraction of sp³-hybridized carbons (Fsp3) is 0.727. The van der Waals surface area contributed by atoms with E-state index in [9.17, 15) is 0 Å². The van der Waals surface area contributed by atoms with Gasteiger partial charge in [0.05, 0.1) is 10.7 Å². The van der Waals surface area contributed by atoms with Crippen LogP contribution in [0.15, 0.2) is 5.38 Å². The van der Waals surface area contributed by atoms with Crippen LogP contribution in [0.5, 0.6) is 0 Å². The quantitative estimate of drug-likeness (QED) is 0.826. The van der Waals surface area contributed by atoms with Crippen LogP contribution in [0.25, 0.3) is 0 Å². The van der Waals surface area contributed by atoms with E-state index < -0.39 is 0 Å². The Balaban J connectivity index is 1.86. The zero-order valence-corrected chi connectivity index (χ0v) is 9.95. The van der Waals surface area contributed by atoms with Gasteiger partial charge >= 0.3 is 0 Å². The lowest BCUT2D eigenvalue weighted by molar-refractivity contribution is 0.453. The van der Waals surface area contributed by atoms with Gasteiger partial charge in [-0.3, -0.25) is 0 Å². The molecular formula is C11H18N2S. The van der Waals surface area contributed by atoms with E-state index in [4.69, 9.17) is 0 Å². The van der Waals surface area contributed by atoms with Crippen molar-refractivity contribution in [3.63, 3.8) is 0 Å². The minimum Gasteiger partial charge on any atom is -0.308 e. The molecule has 1 aromatic rings. The van der Waals surface area contributed by atoms with E-state index in [1.165, 1.54) is 18.5 Å². The lowest BCUT2D eigenvalue weighted by Crippen LogP contribution is -2.25. The van der Waals surface area contributed by atoms with Crippen molar-refractivity contribution in [1.82, 2.24) is 10.3 Å². The third-order valence-electron chi connectivity index (χ3n) is 3.02. The van der Waals surface area contributed by atoms with Gasteiger partial charge in [0, 0.05) is 18.0 Å². The van der Waals surface area contributed by atoms with Crippen molar-refractivity contribution >= 4 is 11.3 Å². The normalized spacial score (nSPS) is 20.8. The molecule has 0 aliphatic heterocycles. The summed E-state index contributed by atoms with van der Waals surface area (Å²) >= 11 is 1.73. The summed E-state index contributed by atoms with van der Waals surface area (Å²) in [6, 6.07) is 0.400. The van der Waals surface area contributed by atoms with Gasteiger partial charge in [-0.2, -0.15) is 0 Å². The van der Waals surface area contributed by atoms with E-state index in [1.807, 2.05) is 0 Å². The van der Waals surface area contributed by atoms with Crippen molar-refractivity contribution in [1.29, 1.82) is 0 Å². The monoisotopic (exact) mass is 210 g/mol. The summed E-state index contributed by atoms with van der Waals surface area (Å²) in [4.78, 5) is 4.49. The van der Waals surface area contributed by atoms with E-state index in [2.05, 4.69) is 36.5 Å². The number of aromatic nitrogens is 1. The molecule has 14 heavy (non-hydrogen) atoms. The zero-order valence-electron chi connectivity index (χ0n) is 9.13. The van der Waals surface area contributed by atoms with Crippen LogP contribution in [-0.4, -0.2) is 11.5 Å². The average Bonchev–Trinajstić information content (AvgIpc) is 2.71. The molecule has 78 valence electrons. The van der Waals surface area contributed by atoms with Crippen LogP contribution in [0.2, 0.25) is 0 Å². The molecular weight excluding hydrogens is 192 g/mol. The van der Waals surface area contributed by atoms with E-state index in [1.54, 1.807) is 11.3 Å². The van der Waals surface area contributed by atoms with Crippen molar-refractivity contribution in [2.45, 2.75) is 39.7 Å². The lowest BCUT2D eigenvalue weighted by Gasteiger charge is -2.15. The van der Waals surface area contributed by atoms with Crippen LogP contribution in [0.4, 0.5) is 0 Å². The van der Waals surface area contributed by atoms with Gasteiger partial charge in [-0.1, -0.05) is 6.92 Å². The van der Waals surface area contributed by atoms with Crippen LogP contribution < -0.4 is 5.32 Å². The molecule has 0 spiro atoms. The Labute approximate surface area is 89.8 Å². The second-order valence-corrected chi connectivity index (χ2v) is 5.77. The molecule has 2 rings (SSSR count). The number of aryl methyl sites for hydroxylation is 1. The summed E-state index contributed by atoms with van der Waals surface area (Å²) in [6.45, 7) is 7.73. The van der Waals surface area contributed by atoms with E-state index >= 15 is 0 Å². The van der Waals surface area contributed by atoms with Crippen molar-refractivity contribution in [2.75, 3.05) is 6.54 Å². The Morgan fingerprint density at radius 2 is 2.36 bits per heavy atom. The Hall–Kier alpha value is -0.410. The SMILES string of the molecule is Cc1nc(C(C)NCC2(C)CC2)cs1. The third kappa shape index (κ3) is 2.34. The maximum atomic E-state index is 4.49. The number of hydrogen-bond donors (Lipinski definition) is 1. The van der Waals surface area contributed by atoms with Crippen LogP contribution in [0.3, 0.4) is 0 Å². The van der Waals surface area contributed by atoms with Crippen molar-refractivity contribution < 1.29 is 0 Å². The highest BCUT2D eigenvalue weighted by Gasteiger charge is 2.36. The maximum absolute atomic E-state index is 4.49. The van der Waals surface area contributed by atoms with Crippen LogP contribution in [0.1, 0.15) is 43.4 Å². The van der Waals surface area contributed by atoms with Gasteiger partial charge < -0.3 is 5.32 Å². The number of hydrogen-bond acceptors (Lipinski definition) is 3.